The van der Waals surface area contributed by atoms with E-state index in [1.807, 2.05) is 31.2 Å². The Morgan fingerprint density at radius 2 is 2.08 bits per heavy atom. The second-order valence-corrected chi connectivity index (χ2v) is 6.52. The summed E-state index contributed by atoms with van der Waals surface area (Å²) in [6, 6.07) is 7.71. The Morgan fingerprint density at radius 1 is 1.27 bits per heavy atom. The van der Waals surface area contributed by atoms with Crippen molar-refractivity contribution in [1.29, 1.82) is 0 Å². The average Bonchev–Trinajstić information content (AvgIpc) is 2.60. The van der Waals surface area contributed by atoms with Crippen LogP contribution in [0.1, 0.15) is 30.5 Å². The van der Waals surface area contributed by atoms with Crippen molar-refractivity contribution in [1.82, 2.24) is 15.3 Å². The summed E-state index contributed by atoms with van der Waals surface area (Å²) in [6.45, 7) is 2.72. The molecule has 0 aliphatic rings. The van der Waals surface area contributed by atoms with Crippen molar-refractivity contribution in [2.24, 2.45) is 0 Å². The van der Waals surface area contributed by atoms with Gasteiger partial charge in [0.1, 0.15) is 6.61 Å². The number of aryl methyl sites for hydroxylation is 1. The number of hydrogen-bond acceptors (Lipinski definition) is 5. The number of nitrogens with one attached hydrogen (secondary N) is 1. The fraction of sp³-hybridized carbons (Fsp3) is 0.421. The fourth-order valence-corrected chi connectivity index (χ4v) is 2.86. The summed E-state index contributed by atoms with van der Waals surface area (Å²) >= 11 is 6.20. The number of carbonyl (C=O) groups is 1. The lowest BCUT2D eigenvalue weighted by Gasteiger charge is -2.09. The van der Waals surface area contributed by atoms with Gasteiger partial charge in [0.15, 0.2) is 0 Å². The molecule has 2 aromatic rings. The Labute approximate surface area is 159 Å². The van der Waals surface area contributed by atoms with Gasteiger partial charge in [-0.25, -0.2) is 9.97 Å². The number of nitrogens with zero attached hydrogens (tertiary/aromatic N) is 2. The van der Waals surface area contributed by atoms with E-state index in [4.69, 9.17) is 22.1 Å². The molecule has 0 aliphatic carbocycles. The summed E-state index contributed by atoms with van der Waals surface area (Å²) in [4.78, 5) is 20.0. The Morgan fingerprint density at radius 3 is 2.85 bits per heavy atom. The number of amides is 1. The molecule has 26 heavy (non-hydrogen) atoms. The third-order valence-electron chi connectivity index (χ3n) is 4.05. The molecule has 2 rings (SSSR count). The molecule has 0 fully saturated rings. The molecule has 0 radical (unpaired) electrons. The van der Waals surface area contributed by atoms with Crippen molar-refractivity contribution in [3.63, 3.8) is 0 Å². The minimum absolute atomic E-state index is 0.0855. The molecule has 0 saturated heterocycles. The van der Waals surface area contributed by atoms with Crippen LogP contribution in [-0.2, 0) is 16.0 Å². The molecular formula is C19H25ClN4O2. The SMILES string of the molecule is COCC(=O)NCCCCCc1cc(-c2cccc(Cl)c2C)nc(N)n1. The van der Waals surface area contributed by atoms with Crippen LogP contribution in [0.25, 0.3) is 11.3 Å². The smallest absolute Gasteiger partial charge is 0.245 e. The summed E-state index contributed by atoms with van der Waals surface area (Å²) in [7, 11) is 1.51. The maximum Gasteiger partial charge on any atom is 0.245 e. The molecule has 7 heteroatoms. The van der Waals surface area contributed by atoms with E-state index in [0.29, 0.717) is 11.6 Å². The van der Waals surface area contributed by atoms with E-state index < -0.39 is 0 Å². The predicted octanol–water partition coefficient (Wildman–Crippen LogP) is 3.16. The number of benzene rings is 1. The zero-order valence-corrected chi connectivity index (χ0v) is 16.0. The van der Waals surface area contributed by atoms with E-state index in [1.54, 1.807) is 0 Å². The lowest BCUT2D eigenvalue weighted by atomic mass is 10.0. The summed E-state index contributed by atoms with van der Waals surface area (Å²) < 4.78 is 4.77. The third-order valence-corrected chi connectivity index (χ3v) is 4.46. The number of anilines is 1. The molecule has 0 aliphatic heterocycles. The maximum atomic E-state index is 11.3. The predicted molar refractivity (Wildman–Crippen MR) is 104 cm³/mol. The van der Waals surface area contributed by atoms with Gasteiger partial charge in [0.25, 0.3) is 0 Å². The highest BCUT2D eigenvalue weighted by Gasteiger charge is 2.09. The average molecular weight is 377 g/mol. The quantitative estimate of drug-likeness (QED) is 0.656. The largest absolute Gasteiger partial charge is 0.375 e. The number of hydrogen-bond donors (Lipinski definition) is 2. The van der Waals surface area contributed by atoms with Gasteiger partial charge in [0.2, 0.25) is 11.9 Å². The molecule has 0 spiro atoms. The lowest BCUT2D eigenvalue weighted by molar-refractivity contribution is -0.124. The number of nitrogens with two attached hydrogens (primary N) is 1. The van der Waals surface area contributed by atoms with Gasteiger partial charge in [-0.2, -0.15) is 0 Å². The van der Waals surface area contributed by atoms with E-state index >= 15 is 0 Å². The standard InChI is InChI=1S/C19H25ClN4O2/c1-13-15(8-6-9-16(13)20)17-11-14(23-19(21)24-17)7-4-3-5-10-22-18(25)12-26-2/h6,8-9,11H,3-5,7,10,12H2,1-2H3,(H,22,25)(H2,21,23,24). The van der Waals surface area contributed by atoms with Gasteiger partial charge in [0, 0.05) is 29.9 Å². The van der Waals surface area contributed by atoms with E-state index in [2.05, 4.69) is 15.3 Å². The van der Waals surface area contributed by atoms with Crippen LogP contribution in [0.5, 0.6) is 0 Å². The first-order valence-electron chi connectivity index (χ1n) is 8.66. The molecule has 140 valence electrons. The molecule has 6 nitrogen and oxygen atoms in total. The van der Waals surface area contributed by atoms with Gasteiger partial charge in [-0.15, -0.1) is 0 Å². The highest BCUT2D eigenvalue weighted by molar-refractivity contribution is 6.31. The number of aromatic nitrogens is 2. The number of methoxy groups -OCH3 is 1. The molecule has 1 aromatic carbocycles. The van der Waals surface area contributed by atoms with E-state index in [0.717, 1.165) is 48.2 Å². The van der Waals surface area contributed by atoms with E-state index in [1.165, 1.54) is 7.11 Å². The molecule has 3 N–H and O–H groups in total. The monoisotopic (exact) mass is 376 g/mol. The summed E-state index contributed by atoms with van der Waals surface area (Å²) in [5, 5.41) is 3.52. The van der Waals surface area contributed by atoms with Crippen molar-refractivity contribution in [2.45, 2.75) is 32.6 Å². The minimum Gasteiger partial charge on any atom is -0.375 e. The van der Waals surface area contributed by atoms with Crippen LogP contribution in [0, 0.1) is 6.92 Å². The van der Waals surface area contributed by atoms with Gasteiger partial charge < -0.3 is 15.8 Å². The van der Waals surface area contributed by atoms with Crippen LogP contribution >= 0.6 is 11.6 Å². The van der Waals surface area contributed by atoms with Crippen molar-refractivity contribution in [3.8, 4) is 11.3 Å². The zero-order chi connectivity index (χ0) is 18.9. The number of nitrogen functional groups attached to an aromatic ring is 1. The first kappa shape index (κ1) is 20.1. The normalized spacial score (nSPS) is 10.7. The fourth-order valence-electron chi connectivity index (χ4n) is 2.69. The van der Waals surface area contributed by atoms with Crippen molar-refractivity contribution in [3.05, 3.63) is 40.5 Å². The summed E-state index contributed by atoms with van der Waals surface area (Å²) in [5.74, 6) is 0.182. The molecular weight excluding hydrogens is 352 g/mol. The highest BCUT2D eigenvalue weighted by atomic mass is 35.5. The summed E-state index contributed by atoms with van der Waals surface area (Å²) in [5.41, 5.74) is 9.53. The van der Waals surface area contributed by atoms with Crippen molar-refractivity contribution >= 4 is 23.5 Å². The number of ether oxygens (including phenoxy) is 1. The van der Waals surface area contributed by atoms with Crippen LogP contribution in [0.3, 0.4) is 0 Å². The van der Waals surface area contributed by atoms with Gasteiger partial charge in [-0.05, 0) is 43.9 Å². The first-order chi connectivity index (χ1) is 12.5. The van der Waals surface area contributed by atoms with E-state index in [-0.39, 0.29) is 18.5 Å². The first-order valence-corrected chi connectivity index (χ1v) is 9.03. The molecule has 0 unspecified atom stereocenters. The minimum atomic E-state index is -0.0855. The van der Waals surface area contributed by atoms with Crippen LogP contribution in [0.2, 0.25) is 5.02 Å². The van der Waals surface area contributed by atoms with Gasteiger partial charge in [-0.1, -0.05) is 30.2 Å². The topological polar surface area (TPSA) is 90.1 Å². The molecule has 0 atom stereocenters. The van der Waals surface area contributed by atoms with Crippen molar-refractivity contribution in [2.75, 3.05) is 26.0 Å². The number of unbranched alkanes of at least 4 members (excludes halogenated alkanes) is 2. The zero-order valence-electron chi connectivity index (χ0n) is 15.2. The van der Waals surface area contributed by atoms with Gasteiger partial charge in [0.05, 0.1) is 5.69 Å². The number of carbonyl (C=O) groups excluding carboxylic acids is 1. The highest BCUT2D eigenvalue weighted by Crippen LogP contribution is 2.28. The molecule has 0 saturated carbocycles. The molecule has 1 heterocycles. The second-order valence-electron chi connectivity index (χ2n) is 6.11. The number of halogens is 1. The van der Waals surface area contributed by atoms with Crippen LogP contribution in [-0.4, -0.2) is 36.1 Å². The van der Waals surface area contributed by atoms with Crippen LogP contribution < -0.4 is 11.1 Å². The Hall–Kier alpha value is -2.18. The molecule has 1 amide bonds. The number of rotatable bonds is 9. The Balaban J connectivity index is 1.90. The molecule has 0 bridgehead atoms. The van der Waals surface area contributed by atoms with Gasteiger partial charge in [-0.3, -0.25) is 4.79 Å². The lowest BCUT2D eigenvalue weighted by Crippen LogP contribution is -2.27. The Bertz CT molecular complexity index is 752. The maximum absolute atomic E-state index is 11.3. The van der Waals surface area contributed by atoms with Crippen LogP contribution in [0.15, 0.2) is 24.3 Å². The van der Waals surface area contributed by atoms with Crippen molar-refractivity contribution < 1.29 is 9.53 Å². The van der Waals surface area contributed by atoms with Crippen LogP contribution in [0.4, 0.5) is 5.95 Å². The second kappa shape index (κ2) is 10.1. The van der Waals surface area contributed by atoms with Gasteiger partial charge >= 0.3 is 0 Å². The Kier molecular flexibility index (Phi) is 7.81. The third kappa shape index (κ3) is 5.97. The summed E-state index contributed by atoms with van der Waals surface area (Å²) in [6.07, 6.45) is 3.68. The van der Waals surface area contributed by atoms with E-state index in [9.17, 15) is 4.79 Å². The molecule has 1 aromatic heterocycles.